The van der Waals surface area contributed by atoms with E-state index in [9.17, 15) is 4.79 Å². The Kier molecular flexibility index (Phi) is 7.53. The first-order valence-electron chi connectivity index (χ1n) is 8.94. The standard InChI is InChI=1S/C19H30N2O3/c1-3-16-6-4-8-18(14-16)24-13-12-21-10-5-7-17(9-11-21)20(2)15-19(22)23/h4,6,8,14,17H,3,5,7,9-13,15H2,1-2H3,(H,22,23). The number of likely N-dealkylation sites (tertiary alicyclic amines) is 1. The molecule has 1 N–H and O–H groups in total. The second-order valence-corrected chi connectivity index (χ2v) is 6.58. The number of benzene rings is 1. The van der Waals surface area contributed by atoms with Gasteiger partial charge >= 0.3 is 5.97 Å². The smallest absolute Gasteiger partial charge is 0.317 e. The lowest BCUT2D eigenvalue weighted by molar-refractivity contribution is -0.138. The molecule has 1 aromatic carbocycles. The molecular formula is C19H30N2O3. The van der Waals surface area contributed by atoms with Crippen molar-refractivity contribution in [3.05, 3.63) is 29.8 Å². The van der Waals surface area contributed by atoms with Gasteiger partial charge in [0.1, 0.15) is 12.4 Å². The van der Waals surface area contributed by atoms with Gasteiger partial charge in [0.05, 0.1) is 6.54 Å². The Morgan fingerprint density at radius 3 is 2.96 bits per heavy atom. The number of nitrogens with zero attached hydrogens (tertiary/aromatic N) is 2. The number of carboxylic acid groups (broad SMARTS) is 1. The highest BCUT2D eigenvalue weighted by atomic mass is 16.5. The minimum absolute atomic E-state index is 0.127. The van der Waals surface area contributed by atoms with Crippen LogP contribution >= 0.6 is 0 Å². The van der Waals surface area contributed by atoms with Gasteiger partial charge in [0.2, 0.25) is 0 Å². The van der Waals surface area contributed by atoms with Gasteiger partial charge in [0.15, 0.2) is 0 Å². The third kappa shape index (κ3) is 6.13. The van der Waals surface area contributed by atoms with Crippen LogP contribution < -0.4 is 4.74 Å². The normalized spacial score (nSPS) is 19.2. The molecule has 1 aliphatic rings. The van der Waals surface area contributed by atoms with Gasteiger partial charge in [0, 0.05) is 12.6 Å². The minimum atomic E-state index is -0.749. The average Bonchev–Trinajstić information content (AvgIpc) is 2.80. The predicted molar refractivity (Wildman–Crippen MR) is 95.7 cm³/mol. The molecule has 1 aromatic rings. The van der Waals surface area contributed by atoms with Gasteiger partial charge in [-0.1, -0.05) is 19.1 Å². The van der Waals surface area contributed by atoms with Crippen LogP contribution in [0.15, 0.2) is 24.3 Å². The molecule has 1 heterocycles. The number of aliphatic carboxylic acids is 1. The Morgan fingerprint density at radius 1 is 1.38 bits per heavy atom. The van der Waals surface area contributed by atoms with Gasteiger partial charge in [-0.15, -0.1) is 0 Å². The van der Waals surface area contributed by atoms with Crippen molar-refractivity contribution in [1.82, 2.24) is 9.80 Å². The summed E-state index contributed by atoms with van der Waals surface area (Å²) in [6.07, 6.45) is 4.23. The van der Waals surface area contributed by atoms with E-state index in [-0.39, 0.29) is 6.54 Å². The molecule has 1 atom stereocenters. The molecule has 1 unspecified atom stereocenters. The van der Waals surface area contributed by atoms with E-state index in [0.717, 1.165) is 51.1 Å². The Hall–Kier alpha value is -1.59. The quantitative estimate of drug-likeness (QED) is 0.792. The number of aryl methyl sites for hydroxylation is 1. The third-order valence-electron chi connectivity index (χ3n) is 4.78. The van der Waals surface area contributed by atoms with E-state index in [2.05, 4.69) is 24.0 Å². The zero-order valence-corrected chi connectivity index (χ0v) is 14.9. The molecule has 5 heteroatoms. The van der Waals surface area contributed by atoms with Crippen LogP contribution in [-0.4, -0.2) is 66.8 Å². The van der Waals surface area contributed by atoms with Gasteiger partial charge in [-0.05, 0) is 63.5 Å². The predicted octanol–water partition coefficient (Wildman–Crippen LogP) is 2.50. The average molecular weight is 334 g/mol. The van der Waals surface area contributed by atoms with Crippen LogP contribution in [0.3, 0.4) is 0 Å². The largest absolute Gasteiger partial charge is 0.492 e. The second kappa shape index (κ2) is 9.64. The van der Waals surface area contributed by atoms with Crippen molar-refractivity contribution in [3.8, 4) is 5.75 Å². The van der Waals surface area contributed by atoms with Crippen LogP contribution in [0.2, 0.25) is 0 Å². The number of rotatable bonds is 8. The van der Waals surface area contributed by atoms with Gasteiger partial charge in [-0.2, -0.15) is 0 Å². The number of likely N-dealkylation sites (N-methyl/N-ethyl adjacent to an activating group) is 1. The molecule has 0 bridgehead atoms. The van der Waals surface area contributed by atoms with Crippen molar-refractivity contribution >= 4 is 5.97 Å². The monoisotopic (exact) mass is 334 g/mol. The number of carbonyl (C=O) groups is 1. The van der Waals surface area contributed by atoms with E-state index in [1.165, 1.54) is 5.56 Å². The first-order valence-corrected chi connectivity index (χ1v) is 8.94. The summed E-state index contributed by atoms with van der Waals surface area (Å²) in [5.41, 5.74) is 1.30. The van der Waals surface area contributed by atoms with Crippen molar-refractivity contribution < 1.29 is 14.6 Å². The topological polar surface area (TPSA) is 53.0 Å². The Bertz CT molecular complexity index is 521. The van der Waals surface area contributed by atoms with Crippen LogP contribution in [0.25, 0.3) is 0 Å². The summed E-state index contributed by atoms with van der Waals surface area (Å²) in [4.78, 5) is 15.3. The molecule has 0 aromatic heterocycles. The molecule has 1 saturated heterocycles. The Morgan fingerprint density at radius 2 is 2.21 bits per heavy atom. The van der Waals surface area contributed by atoms with Crippen molar-refractivity contribution in [1.29, 1.82) is 0 Å². The Balaban J connectivity index is 1.73. The number of ether oxygens (including phenoxy) is 1. The van der Waals surface area contributed by atoms with Crippen LogP contribution in [0, 0.1) is 0 Å². The first kappa shape index (κ1) is 18.7. The molecule has 0 spiro atoms. The highest BCUT2D eigenvalue weighted by Gasteiger charge is 2.21. The van der Waals surface area contributed by atoms with Crippen molar-refractivity contribution in [2.45, 2.75) is 38.6 Å². The summed E-state index contributed by atoms with van der Waals surface area (Å²) in [6, 6.07) is 8.66. The molecule has 0 saturated carbocycles. The molecule has 0 radical (unpaired) electrons. The van der Waals surface area contributed by atoms with Crippen molar-refractivity contribution in [2.75, 3.05) is 39.8 Å². The molecule has 0 aliphatic carbocycles. The molecule has 1 fully saturated rings. The van der Waals surface area contributed by atoms with Crippen molar-refractivity contribution in [3.63, 3.8) is 0 Å². The van der Waals surface area contributed by atoms with E-state index in [1.807, 2.05) is 24.1 Å². The number of hydrogen-bond donors (Lipinski definition) is 1. The fraction of sp³-hybridized carbons (Fsp3) is 0.632. The zero-order valence-electron chi connectivity index (χ0n) is 14.9. The lowest BCUT2D eigenvalue weighted by Crippen LogP contribution is -2.37. The molecule has 1 aliphatic heterocycles. The fourth-order valence-electron chi connectivity index (χ4n) is 3.29. The van der Waals surface area contributed by atoms with E-state index in [1.54, 1.807) is 0 Å². The second-order valence-electron chi connectivity index (χ2n) is 6.58. The maximum absolute atomic E-state index is 10.9. The zero-order chi connectivity index (χ0) is 17.4. The van der Waals surface area contributed by atoms with E-state index in [0.29, 0.717) is 12.6 Å². The van der Waals surface area contributed by atoms with Crippen molar-refractivity contribution in [2.24, 2.45) is 0 Å². The lowest BCUT2D eigenvalue weighted by Gasteiger charge is -2.25. The molecular weight excluding hydrogens is 304 g/mol. The fourth-order valence-corrected chi connectivity index (χ4v) is 3.29. The van der Waals surface area contributed by atoms with Crippen LogP contribution in [0.5, 0.6) is 5.75 Å². The van der Waals surface area contributed by atoms with Gasteiger partial charge in [-0.3, -0.25) is 14.6 Å². The van der Waals surface area contributed by atoms with Gasteiger partial charge in [0.25, 0.3) is 0 Å². The third-order valence-corrected chi connectivity index (χ3v) is 4.78. The molecule has 0 amide bonds. The first-order chi connectivity index (χ1) is 11.6. The maximum atomic E-state index is 10.9. The summed E-state index contributed by atoms with van der Waals surface area (Å²) < 4.78 is 5.89. The summed E-state index contributed by atoms with van der Waals surface area (Å²) in [6.45, 7) is 5.97. The van der Waals surface area contributed by atoms with Gasteiger partial charge in [-0.25, -0.2) is 0 Å². The summed E-state index contributed by atoms with van der Waals surface area (Å²) in [5, 5.41) is 8.93. The Labute approximate surface area is 145 Å². The van der Waals surface area contributed by atoms with Gasteiger partial charge < -0.3 is 9.84 Å². The van der Waals surface area contributed by atoms with Crippen LogP contribution in [-0.2, 0) is 11.2 Å². The summed E-state index contributed by atoms with van der Waals surface area (Å²) in [7, 11) is 1.91. The molecule has 5 nitrogen and oxygen atoms in total. The van der Waals surface area contributed by atoms with Crippen LogP contribution in [0.1, 0.15) is 31.7 Å². The minimum Gasteiger partial charge on any atom is -0.492 e. The van der Waals surface area contributed by atoms with E-state index >= 15 is 0 Å². The van der Waals surface area contributed by atoms with E-state index in [4.69, 9.17) is 9.84 Å². The SMILES string of the molecule is CCc1cccc(OCCN2CCCC(N(C)CC(=O)O)CC2)c1. The lowest BCUT2D eigenvalue weighted by atomic mass is 10.1. The highest BCUT2D eigenvalue weighted by molar-refractivity contribution is 5.69. The number of carboxylic acids is 1. The summed E-state index contributed by atoms with van der Waals surface area (Å²) in [5.74, 6) is 0.199. The molecule has 134 valence electrons. The molecule has 2 rings (SSSR count). The van der Waals surface area contributed by atoms with E-state index < -0.39 is 5.97 Å². The maximum Gasteiger partial charge on any atom is 0.317 e. The van der Waals surface area contributed by atoms with Crippen LogP contribution in [0.4, 0.5) is 0 Å². The summed E-state index contributed by atoms with van der Waals surface area (Å²) >= 11 is 0. The molecule has 24 heavy (non-hydrogen) atoms. The number of hydrogen-bond acceptors (Lipinski definition) is 4. The highest BCUT2D eigenvalue weighted by Crippen LogP contribution is 2.16.